The minimum Gasteiger partial charge on any atom is -0.316 e. The SMILES string of the molecule is Cc1cc(=O)nc2n1[C@@H](c1ccccc1)[C@@H](Sc1ccc([N+](=O)[O-])cc1)CS2. The van der Waals surface area contributed by atoms with Crippen molar-refractivity contribution in [1.29, 1.82) is 0 Å². The van der Waals surface area contributed by atoms with Crippen LogP contribution < -0.4 is 5.56 Å². The van der Waals surface area contributed by atoms with Crippen LogP contribution in [0.1, 0.15) is 17.3 Å². The van der Waals surface area contributed by atoms with Gasteiger partial charge in [-0.3, -0.25) is 14.9 Å². The number of aromatic nitrogens is 2. The highest BCUT2D eigenvalue weighted by molar-refractivity contribution is 8.03. The summed E-state index contributed by atoms with van der Waals surface area (Å²) in [6, 6.07) is 18.4. The number of thioether (sulfide) groups is 2. The Morgan fingerprint density at radius 2 is 1.89 bits per heavy atom. The maximum absolute atomic E-state index is 11.9. The summed E-state index contributed by atoms with van der Waals surface area (Å²) in [6.45, 7) is 1.93. The molecule has 142 valence electrons. The first-order chi connectivity index (χ1) is 13.5. The van der Waals surface area contributed by atoms with Crippen molar-refractivity contribution >= 4 is 29.2 Å². The van der Waals surface area contributed by atoms with E-state index in [2.05, 4.69) is 21.7 Å². The number of rotatable bonds is 4. The average molecular weight is 412 g/mol. The first-order valence-electron chi connectivity index (χ1n) is 8.72. The lowest BCUT2D eigenvalue weighted by atomic mass is 10.0. The van der Waals surface area contributed by atoms with E-state index in [0.29, 0.717) is 0 Å². The smallest absolute Gasteiger partial charge is 0.273 e. The molecule has 0 saturated heterocycles. The molecule has 0 fully saturated rings. The van der Waals surface area contributed by atoms with Gasteiger partial charge in [0.05, 0.1) is 11.0 Å². The van der Waals surface area contributed by atoms with Gasteiger partial charge in [0.1, 0.15) is 0 Å². The predicted molar refractivity (Wildman–Crippen MR) is 111 cm³/mol. The molecule has 2 aromatic carbocycles. The summed E-state index contributed by atoms with van der Waals surface area (Å²) in [5.41, 5.74) is 1.90. The summed E-state index contributed by atoms with van der Waals surface area (Å²) in [5.74, 6) is 0.789. The fourth-order valence-corrected chi connectivity index (χ4v) is 5.94. The molecule has 0 amide bonds. The highest BCUT2D eigenvalue weighted by atomic mass is 32.2. The summed E-state index contributed by atoms with van der Waals surface area (Å²) in [5, 5.41) is 11.8. The van der Waals surface area contributed by atoms with Gasteiger partial charge in [-0.15, -0.1) is 11.8 Å². The number of aryl methyl sites for hydroxylation is 1. The topological polar surface area (TPSA) is 78.0 Å². The van der Waals surface area contributed by atoms with Crippen LogP contribution in [0.25, 0.3) is 0 Å². The zero-order valence-electron chi connectivity index (χ0n) is 15.0. The Balaban J connectivity index is 1.74. The zero-order valence-corrected chi connectivity index (χ0v) is 16.7. The Kier molecular flexibility index (Phi) is 5.23. The van der Waals surface area contributed by atoms with E-state index < -0.39 is 0 Å². The van der Waals surface area contributed by atoms with Crippen molar-refractivity contribution in [1.82, 2.24) is 9.55 Å². The highest BCUT2D eigenvalue weighted by Crippen LogP contribution is 2.43. The Hall–Kier alpha value is -2.58. The minimum absolute atomic E-state index is 0.0192. The van der Waals surface area contributed by atoms with Crippen LogP contribution in [0, 0.1) is 17.0 Å². The number of nitro benzene ring substituents is 1. The molecule has 0 N–H and O–H groups in total. The molecule has 3 aromatic rings. The van der Waals surface area contributed by atoms with Gasteiger partial charge in [-0.05, 0) is 24.6 Å². The number of benzene rings is 2. The summed E-state index contributed by atoms with van der Waals surface area (Å²) in [7, 11) is 0. The second kappa shape index (κ2) is 7.81. The van der Waals surface area contributed by atoms with Crippen LogP contribution in [0.5, 0.6) is 0 Å². The van der Waals surface area contributed by atoms with E-state index in [9.17, 15) is 14.9 Å². The van der Waals surface area contributed by atoms with Gasteiger partial charge in [0.25, 0.3) is 11.2 Å². The first kappa shape index (κ1) is 18.8. The molecule has 4 rings (SSSR count). The molecule has 0 saturated carbocycles. The minimum atomic E-state index is -0.390. The Morgan fingerprint density at radius 3 is 2.57 bits per heavy atom. The maximum atomic E-state index is 11.9. The highest BCUT2D eigenvalue weighted by Gasteiger charge is 2.33. The number of hydrogen-bond donors (Lipinski definition) is 0. The fraction of sp³-hybridized carbons (Fsp3) is 0.200. The van der Waals surface area contributed by atoms with Gasteiger partial charge in [-0.2, -0.15) is 4.98 Å². The predicted octanol–water partition coefficient (Wildman–Crippen LogP) is 4.32. The summed E-state index contributed by atoms with van der Waals surface area (Å²) < 4.78 is 2.13. The van der Waals surface area contributed by atoms with Gasteiger partial charge in [0.2, 0.25) is 0 Å². The molecular weight excluding hydrogens is 394 g/mol. The molecule has 6 nitrogen and oxygen atoms in total. The van der Waals surface area contributed by atoms with Crippen molar-refractivity contribution in [3.8, 4) is 0 Å². The van der Waals surface area contributed by atoms with Crippen molar-refractivity contribution in [2.45, 2.75) is 28.3 Å². The van der Waals surface area contributed by atoms with E-state index in [1.54, 1.807) is 41.7 Å². The maximum Gasteiger partial charge on any atom is 0.273 e. The van der Waals surface area contributed by atoms with Gasteiger partial charge in [-0.1, -0.05) is 42.1 Å². The Morgan fingerprint density at radius 1 is 1.18 bits per heavy atom. The van der Waals surface area contributed by atoms with Crippen molar-refractivity contribution in [2.75, 3.05) is 5.75 Å². The molecule has 0 unspecified atom stereocenters. The van der Waals surface area contributed by atoms with Crippen molar-refractivity contribution in [3.05, 3.63) is 92.4 Å². The van der Waals surface area contributed by atoms with Gasteiger partial charge >= 0.3 is 0 Å². The van der Waals surface area contributed by atoms with Crippen molar-refractivity contribution in [2.24, 2.45) is 0 Å². The molecule has 0 spiro atoms. The second-order valence-electron chi connectivity index (χ2n) is 6.46. The summed E-state index contributed by atoms with van der Waals surface area (Å²) >= 11 is 3.27. The number of non-ortho nitro benzene ring substituents is 1. The van der Waals surface area contributed by atoms with Crippen LogP contribution >= 0.6 is 23.5 Å². The van der Waals surface area contributed by atoms with Crippen LogP contribution in [-0.2, 0) is 0 Å². The van der Waals surface area contributed by atoms with Gasteiger partial charge in [0, 0.05) is 39.8 Å². The van der Waals surface area contributed by atoms with Crippen LogP contribution in [0.3, 0.4) is 0 Å². The van der Waals surface area contributed by atoms with Crippen LogP contribution in [-0.4, -0.2) is 25.5 Å². The summed E-state index contributed by atoms with van der Waals surface area (Å²) in [6.07, 6.45) is 0. The quantitative estimate of drug-likeness (QED) is 0.362. The summed E-state index contributed by atoms with van der Waals surface area (Å²) in [4.78, 5) is 27.6. The zero-order chi connectivity index (χ0) is 19.7. The van der Waals surface area contributed by atoms with E-state index in [1.165, 1.54) is 12.1 Å². The number of fused-ring (bicyclic) bond motifs is 1. The second-order valence-corrected chi connectivity index (χ2v) is 8.76. The standard InChI is InChI=1S/C20H17N3O3S2/c1-13-11-18(24)21-20-22(13)19(14-5-3-2-4-6-14)17(12-27-20)28-16-9-7-15(8-10-16)23(25)26/h2-11,17,19H,12H2,1H3/t17-,19-/m0/s1. The third-order valence-corrected chi connectivity index (χ3v) is 7.16. The molecule has 1 aliphatic heterocycles. The van der Waals surface area contributed by atoms with Crippen LogP contribution in [0.2, 0.25) is 0 Å². The van der Waals surface area contributed by atoms with Crippen molar-refractivity contribution < 1.29 is 4.92 Å². The first-order valence-corrected chi connectivity index (χ1v) is 10.6. The largest absolute Gasteiger partial charge is 0.316 e. The van der Waals surface area contributed by atoms with Crippen LogP contribution in [0.4, 0.5) is 5.69 Å². The third kappa shape index (κ3) is 3.70. The normalized spacial score (nSPS) is 18.5. The lowest BCUT2D eigenvalue weighted by Gasteiger charge is -2.35. The lowest BCUT2D eigenvalue weighted by molar-refractivity contribution is -0.384. The number of nitro groups is 1. The number of hydrogen-bond acceptors (Lipinski definition) is 6. The molecule has 28 heavy (non-hydrogen) atoms. The molecule has 0 radical (unpaired) electrons. The Bertz CT molecular complexity index is 1070. The molecule has 8 heteroatoms. The fourth-order valence-electron chi connectivity index (χ4n) is 3.37. The Labute approximate surface area is 170 Å². The van der Waals surface area contributed by atoms with Gasteiger partial charge in [-0.25, -0.2) is 0 Å². The van der Waals surface area contributed by atoms with E-state index in [-0.39, 0.29) is 27.5 Å². The number of nitrogens with zero attached hydrogens (tertiary/aromatic N) is 3. The molecule has 0 bridgehead atoms. The van der Waals surface area contributed by atoms with Gasteiger partial charge in [0.15, 0.2) is 5.16 Å². The molecular formula is C20H17N3O3S2. The van der Waals surface area contributed by atoms with Crippen molar-refractivity contribution in [3.63, 3.8) is 0 Å². The van der Waals surface area contributed by atoms with E-state index in [1.807, 2.05) is 25.1 Å². The average Bonchev–Trinajstić information content (AvgIpc) is 2.69. The monoisotopic (exact) mass is 411 g/mol. The molecule has 0 aliphatic carbocycles. The molecule has 2 atom stereocenters. The molecule has 2 heterocycles. The molecule has 1 aromatic heterocycles. The van der Waals surface area contributed by atoms with Gasteiger partial charge < -0.3 is 4.57 Å². The van der Waals surface area contributed by atoms with E-state index >= 15 is 0 Å². The van der Waals surface area contributed by atoms with Crippen LogP contribution in [0.15, 0.2) is 75.5 Å². The molecule has 1 aliphatic rings. The lowest BCUT2D eigenvalue weighted by Crippen LogP contribution is -2.33. The van der Waals surface area contributed by atoms with E-state index in [4.69, 9.17) is 0 Å². The van der Waals surface area contributed by atoms with E-state index in [0.717, 1.165) is 27.1 Å². The third-order valence-electron chi connectivity index (χ3n) is 4.61.